The van der Waals surface area contributed by atoms with Crippen LogP contribution in [0.2, 0.25) is 0 Å². The number of pyridine rings is 2. The lowest BCUT2D eigenvalue weighted by Crippen LogP contribution is -2.22. The van der Waals surface area contributed by atoms with Crippen molar-refractivity contribution in [1.82, 2.24) is 15.3 Å². The third-order valence-corrected chi connectivity index (χ3v) is 2.87. The van der Waals surface area contributed by atoms with Crippen LogP contribution < -0.4 is 5.32 Å². The first kappa shape index (κ1) is 11.7. The Kier molecular flexibility index (Phi) is 3.83. The van der Waals surface area contributed by atoms with Gasteiger partial charge in [0, 0.05) is 36.9 Å². The Hall–Kier alpha value is -1.74. The number of nitrogens with one attached hydrogen (secondary N) is 1. The summed E-state index contributed by atoms with van der Waals surface area (Å²) in [5.74, 6) is 0. The third kappa shape index (κ3) is 3.11. The summed E-state index contributed by atoms with van der Waals surface area (Å²) < 4.78 is 0. The molecule has 0 aliphatic carbocycles. The lowest BCUT2D eigenvalue weighted by atomic mass is 10.1. The molecule has 2 rings (SSSR count). The molecule has 88 valence electrons. The molecule has 0 saturated heterocycles. The molecule has 2 atom stereocenters. The van der Waals surface area contributed by atoms with Crippen LogP contribution in [0.25, 0.3) is 0 Å². The van der Waals surface area contributed by atoms with Crippen LogP contribution in [-0.4, -0.2) is 9.97 Å². The summed E-state index contributed by atoms with van der Waals surface area (Å²) in [6.07, 6.45) is 7.38. The van der Waals surface area contributed by atoms with E-state index in [9.17, 15) is 0 Å². The van der Waals surface area contributed by atoms with Gasteiger partial charge in [-0.25, -0.2) is 0 Å². The molecule has 0 aliphatic rings. The van der Waals surface area contributed by atoms with E-state index in [2.05, 4.69) is 41.3 Å². The van der Waals surface area contributed by atoms with Crippen molar-refractivity contribution in [1.29, 1.82) is 0 Å². The Bertz CT molecular complexity index is 398. The van der Waals surface area contributed by atoms with Crippen LogP contribution in [0.15, 0.2) is 49.1 Å². The van der Waals surface area contributed by atoms with E-state index in [0.29, 0.717) is 0 Å². The van der Waals surface area contributed by atoms with Crippen molar-refractivity contribution in [2.75, 3.05) is 0 Å². The number of hydrogen-bond acceptors (Lipinski definition) is 3. The monoisotopic (exact) mass is 227 g/mol. The second-order valence-corrected chi connectivity index (χ2v) is 4.18. The zero-order chi connectivity index (χ0) is 12.1. The number of hydrogen-bond donors (Lipinski definition) is 1. The van der Waals surface area contributed by atoms with Gasteiger partial charge in [-0.15, -0.1) is 0 Å². The van der Waals surface area contributed by atoms with Crippen molar-refractivity contribution in [2.24, 2.45) is 0 Å². The zero-order valence-electron chi connectivity index (χ0n) is 10.2. The minimum atomic E-state index is 0.277. The van der Waals surface area contributed by atoms with Crippen LogP contribution in [0, 0.1) is 0 Å². The second-order valence-electron chi connectivity index (χ2n) is 4.18. The van der Waals surface area contributed by atoms with Crippen LogP contribution in [0.4, 0.5) is 0 Å². The minimum Gasteiger partial charge on any atom is -0.304 e. The molecule has 1 unspecified atom stereocenters. The topological polar surface area (TPSA) is 37.8 Å². The van der Waals surface area contributed by atoms with Gasteiger partial charge in [-0.1, -0.05) is 12.1 Å². The Morgan fingerprint density at radius 2 is 1.35 bits per heavy atom. The molecule has 0 fully saturated rings. The molecule has 0 radical (unpaired) electrons. The predicted molar refractivity (Wildman–Crippen MR) is 68.4 cm³/mol. The molecule has 0 aromatic carbocycles. The molecule has 0 bridgehead atoms. The van der Waals surface area contributed by atoms with E-state index in [1.807, 2.05) is 24.5 Å². The maximum absolute atomic E-state index is 4.13. The van der Waals surface area contributed by atoms with Crippen LogP contribution in [0.5, 0.6) is 0 Å². The molecular formula is C14H17N3. The van der Waals surface area contributed by atoms with E-state index in [1.54, 1.807) is 12.4 Å². The Morgan fingerprint density at radius 3 is 1.71 bits per heavy atom. The number of aromatic nitrogens is 2. The molecular weight excluding hydrogens is 210 g/mol. The van der Waals surface area contributed by atoms with E-state index < -0.39 is 0 Å². The summed E-state index contributed by atoms with van der Waals surface area (Å²) in [4.78, 5) is 8.27. The largest absolute Gasteiger partial charge is 0.304 e. The summed E-state index contributed by atoms with van der Waals surface area (Å²) >= 11 is 0. The van der Waals surface area contributed by atoms with Crippen LogP contribution in [-0.2, 0) is 0 Å². The highest BCUT2D eigenvalue weighted by Gasteiger charge is 2.10. The third-order valence-electron chi connectivity index (χ3n) is 2.87. The lowest BCUT2D eigenvalue weighted by Gasteiger charge is -2.20. The van der Waals surface area contributed by atoms with Crippen molar-refractivity contribution in [2.45, 2.75) is 25.9 Å². The fourth-order valence-electron chi connectivity index (χ4n) is 1.83. The Morgan fingerprint density at radius 1 is 0.882 bits per heavy atom. The quantitative estimate of drug-likeness (QED) is 0.872. The van der Waals surface area contributed by atoms with Crippen molar-refractivity contribution in [3.63, 3.8) is 0 Å². The van der Waals surface area contributed by atoms with E-state index in [0.717, 1.165) is 0 Å². The van der Waals surface area contributed by atoms with Gasteiger partial charge in [-0.3, -0.25) is 9.97 Å². The van der Waals surface area contributed by atoms with Crippen LogP contribution in [0.1, 0.15) is 37.1 Å². The van der Waals surface area contributed by atoms with E-state index in [1.165, 1.54) is 11.1 Å². The highest BCUT2D eigenvalue weighted by atomic mass is 14.9. The van der Waals surface area contributed by atoms with Gasteiger partial charge in [-0.05, 0) is 37.1 Å². The summed E-state index contributed by atoms with van der Waals surface area (Å²) in [6, 6.07) is 8.64. The van der Waals surface area contributed by atoms with Gasteiger partial charge in [0.25, 0.3) is 0 Å². The number of nitrogens with zero attached hydrogens (tertiary/aromatic N) is 2. The highest BCUT2D eigenvalue weighted by molar-refractivity contribution is 5.16. The summed E-state index contributed by atoms with van der Waals surface area (Å²) in [5, 5.41) is 3.53. The first-order valence-corrected chi connectivity index (χ1v) is 5.83. The molecule has 0 spiro atoms. The van der Waals surface area contributed by atoms with Crippen LogP contribution in [0.3, 0.4) is 0 Å². The molecule has 2 aromatic rings. The summed E-state index contributed by atoms with van der Waals surface area (Å²) in [5.41, 5.74) is 2.39. The first-order valence-electron chi connectivity index (χ1n) is 5.83. The molecule has 17 heavy (non-hydrogen) atoms. The van der Waals surface area contributed by atoms with Gasteiger partial charge in [0.2, 0.25) is 0 Å². The molecule has 3 heteroatoms. The fraction of sp³-hybridized carbons (Fsp3) is 0.286. The van der Waals surface area contributed by atoms with Crippen molar-refractivity contribution >= 4 is 0 Å². The Labute approximate surface area is 102 Å². The molecule has 1 N–H and O–H groups in total. The second kappa shape index (κ2) is 5.55. The Balaban J connectivity index is 2.02. The van der Waals surface area contributed by atoms with Gasteiger partial charge in [0.1, 0.15) is 0 Å². The molecule has 0 amide bonds. The van der Waals surface area contributed by atoms with Gasteiger partial charge < -0.3 is 5.32 Å². The SMILES string of the molecule is CC(N[C@H](C)c1cccnc1)c1cccnc1. The van der Waals surface area contributed by atoms with Gasteiger partial charge >= 0.3 is 0 Å². The summed E-state index contributed by atoms with van der Waals surface area (Å²) in [7, 11) is 0. The van der Waals surface area contributed by atoms with E-state index in [4.69, 9.17) is 0 Å². The average Bonchev–Trinajstić information content (AvgIpc) is 2.40. The van der Waals surface area contributed by atoms with Crippen molar-refractivity contribution < 1.29 is 0 Å². The van der Waals surface area contributed by atoms with Crippen molar-refractivity contribution in [3.05, 3.63) is 60.2 Å². The van der Waals surface area contributed by atoms with Gasteiger partial charge in [-0.2, -0.15) is 0 Å². The molecule has 2 aromatic heterocycles. The normalized spacial score (nSPS) is 14.2. The molecule has 0 saturated carbocycles. The van der Waals surface area contributed by atoms with E-state index in [-0.39, 0.29) is 12.1 Å². The molecule has 0 aliphatic heterocycles. The average molecular weight is 227 g/mol. The standard InChI is InChI=1S/C14H17N3/c1-11(13-5-3-7-15-9-13)17-12(2)14-6-4-8-16-10-14/h3-12,17H,1-2H3/t11-,12?/m1/s1. The minimum absolute atomic E-state index is 0.277. The maximum Gasteiger partial charge on any atom is 0.0315 e. The van der Waals surface area contributed by atoms with Crippen molar-refractivity contribution in [3.8, 4) is 0 Å². The van der Waals surface area contributed by atoms with Crippen LogP contribution >= 0.6 is 0 Å². The summed E-state index contributed by atoms with van der Waals surface area (Å²) in [6.45, 7) is 4.29. The fourth-order valence-corrected chi connectivity index (χ4v) is 1.83. The molecule has 3 nitrogen and oxygen atoms in total. The highest BCUT2D eigenvalue weighted by Crippen LogP contribution is 2.17. The molecule has 2 heterocycles. The number of rotatable bonds is 4. The van der Waals surface area contributed by atoms with Gasteiger partial charge in [0.15, 0.2) is 0 Å². The lowest BCUT2D eigenvalue weighted by molar-refractivity contribution is 0.493. The van der Waals surface area contributed by atoms with Gasteiger partial charge in [0.05, 0.1) is 0 Å². The maximum atomic E-state index is 4.13. The zero-order valence-corrected chi connectivity index (χ0v) is 10.2. The smallest absolute Gasteiger partial charge is 0.0315 e. The predicted octanol–water partition coefficient (Wildman–Crippen LogP) is 2.89. The van der Waals surface area contributed by atoms with E-state index >= 15 is 0 Å². The first-order chi connectivity index (χ1) is 8.27.